The summed E-state index contributed by atoms with van der Waals surface area (Å²) >= 11 is 0. The lowest BCUT2D eigenvalue weighted by atomic mass is 10.0. The fourth-order valence-corrected chi connectivity index (χ4v) is 2.79. The van der Waals surface area contributed by atoms with Crippen molar-refractivity contribution >= 4 is 0 Å². The molecule has 1 aromatic rings. The summed E-state index contributed by atoms with van der Waals surface area (Å²) in [6, 6.07) is 4.84. The van der Waals surface area contributed by atoms with E-state index in [1.807, 2.05) is 23.9 Å². The SMILES string of the molecule is CC1CCCC(NCc2cc(C#N)n(C)c2)CC1. The molecule has 3 nitrogen and oxygen atoms in total. The fraction of sp³-hybridized carbons (Fsp3) is 0.667. The van der Waals surface area contributed by atoms with Gasteiger partial charge in [0, 0.05) is 25.8 Å². The Labute approximate surface area is 110 Å². The maximum absolute atomic E-state index is 8.92. The Morgan fingerprint density at radius 3 is 2.94 bits per heavy atom. The topological polar surface area (TPSA) is 40.8 Å². The van der Waals surface area contributed by atoms with Gasteiger partial charge in [0.05, 0.1) is 0 Å². The lowest BCUT2D eigenvalue weighted by Crippen LogP contribution is -2.27. The van der Waals surface area contributed by atoms with Gasteiger partial charge in [-0.3, -0.25) is 0 Å². The molecule has 1 aliphatic rings. The van der Waals surface area contributed by atoms with Crippen LogP contribution in [0.4, 0.5) is 0 Å². The molecule has 0 spiro atoms. The van der Waals surface area contributed by atoms with Crippen LogP contribution in [0.1, 0.15) is 50.3 Å². The average Bonchev–Trinajstić information content (AvgIpc) is 2.58. The van der Waals surface area contributed by atoms with Gasteiger partial charge < -0.3 is 9.88 Å². The van der Waals surface area contributed by atoms with Crippen molar-refractivity contribution < 1.29 is 0 Å². The highest BCUT2D eigenvalue weighted by Gasteiger charge is 2.15. The predicted molar refractivity (Wildman–Crippen MR) is 73.0 cm³/mol. The van der Waals surface area contributed by atoms with Gasteiger partial charge in [0.2, 0.25) is 0 Å². The largest absolute Gasteiger partial charge is 0.342 e. The van der Waals surface area contributed by atoms with E-state index in [1.54, 1.807) is 0 Å². The molecule has 1 fully saturated rings. The predicted octanol–water partition coefficient (Wildman–Crippen LogP) is 2.96. The molecule has 1 aromatic heterocycles. The van der Waals surface area contributed by atoms with E-state index in [0.717, 1.165) is 18.2 Å². The van der Waals surface area contributed by atoms with E-state index in [0.29, 0.717) is 6.04 Å². The van der Waals surface area contributed by atoms with Crippen LogP contribution in [-0.4, -0.2) is 10.6 Å². The molecule has 1 aliphatic carbocycles. The van der Waals surface area contributed by atoms with Gasteiger partial charge in [-0.05, 0) is 36.8 Å². The molecule has 1 heterocycles. The molecule has 0 saturated heterocycles. The first-order chi connectivity index (χ1) is 8.69. The molecule has 0 aromatic carbocycles. The molecule has 2 atom stereocenters. The van der Waals surface area contributed by atoms with Gasteiger partial charge in [-0.1, -0.05) is 19.8 Å². The summed E-state index contributed by atoms with van der Waals surface area (Å²) in [5.74, 6) is 0.888. The molecule has 1 N–H and O–H groups in total. The third kappa shape index (κ3) is 3.36. The van der Waals surface area contributed by atoms with Gasteiger partial charge in [-0.25, -0.2) is 0 Å². The minimum Gasteiger partial charge on any atom is -0.342 e. The van der Waals surface area contributed by atoms with Gasteiger partial charge in [-0.2, -0.15) is 5.26 Å². The Bertz CT molecular complexity index is 427. The zero-order valence-corrected chi connectivity index (χ0v) is 11.4. The van der Waals surface area contributed by atoms with Gasteiger partial charge in [0.25, 0.3) is 0 Å². The van der Waals surface area contributed by atoms with Crippen LogP contribution in [0, 0.1) is 17.2 Å². The summed E-state index contributed by atoms with van der Waals surface area (Å²) in [5, 5.41) is 12.6. The van der Waals surface area contributed by atoms with Gasteiger partial charge >= 0.3 is 0 Å². The number of nitrogens with zero attached hydrogens (tertiary/aromatic N) is 2. The van der Waals surface area contributed by atoms with E-state index in [-0.39, 0.29) is 0 Å². The van der Waals surface area contributed by atoms with Crippen molar-refractivity contribution in [1.29, 1.82) is 5.26 Å². The zero-order chi connectivity index (χ0) is 13.0. The Balaban J connectivity index is 1.85. The summed E-state index contributed by atoms with van der Waals surface area (Å²) in [4.78, 5) is 0. The van der Waals surface area contributed by atoms with Crippen LogP contribution in [0.5, 0.6) is 0 Å². The van der Waals surface area contributed by atoms with E-state index >= 15 is 0 Å². The van der Waals surface area contributed by atoms with Crippen LogP contribution in [0.3, 0.4) is 0 Å². The van der Waals surface area contributed by atoms with Crippen LogP contribution >= 0.6 is 0 Å². The van der Waals surface area contributed by atoms with Gasteiger partial charge in [0.1, 0.15) is 11.8 Å². The van der Waals surface area contributed by atoms with E-state index in [2.05, 4.69) is 18.3 Å². The second kappa shape index (κ2) is 6.06. The van der Waals surface area contributed by atoms with E-state index in [4.69, 9.17) is 5.26 Å². The van der Waals surface area contributed by atoms with Gasteiger partial charge in [0.15, 0.2) is 0 Å². The molecule has 18 heavy (non-hydrogen) atoms. The minimum atomic E-state index is 0.653. The van der Waals surface area contributed by atoms with Crippen molar-refractivity contribution in [3.63, 3.8) is 0 Å². The molecule has 0 radical (unpaired) electrons. The van der Waals surface area contributed by atoms with Crippen molar-refractivity contribution in [3.8, 4) is 6.07 Å². The number of hydrogen-bond acceptors (Lipinski definition) is 2. The number of aromatic nitrogens is 1. The first kappa shape index (κ1) is 13.2. The first-order valence-electron chi connectivity index (χ1n) is 6.97. The first-order valence-corrected chi connectivity index (χ1v) is 6.97. The van der Waals surface area contributed by atoms with Crippen molar-refractivity contribution in [2.75, 3.05) is 0 Å². The normalized spacial score (nSPS) is 24.5. The quantitative estimate of drug-likeness (QED) is 0.832. The lowest BCUT2D eigenvalue weighted by Gasteiger charge is -2.15. The standard InChI is InChI=1S/C15H23N3/c1-12-4-3-5-14(7-6-12)17-10-13-8-15(9-16)18(2)11-13/h8,11-12,14,17H,3-7,10H2,1-2H3. The van der Waals surface area contributed by atoms with Crippen LogP contribution in [0.25, 0.3) is 0 Å². The summed E-state index contributed by atoms with van der Waals surface area (Å²) < 4.78 is 1.90. The number of aryl methyl sites for hydroxylation is 1. The molecule has 2 unspecified atom stereocenters. The van der Waals surface area contributed by atoms with Crippen molar-refractivity contribution in [2.45, 2.75) is 51.6 Å². The summed E-state index contributed by atoms with van der Waals surface area (Å²) in [6.45, 7) is 3.24. The summed E-state index contributed by atoms with van der Waals surface area (Å²) in [5.41, 5.74) is 1.95. The zero-order valence-electron chi connectivity index (χ0n) is 11.4. The second-order valence-electron chi connectivity index (χ2n) is 5.65. The van der Waals surface area contributed by atoms with Crippen molar-refractivity contribution in [2.24, 2.45) is 13.0 Å². The maximum Gasteiger partial charge on any atom is 0.120 e. The number of nitrogens with one attached hydrogen (secondary N) is 1. The highest BCUT2D eigenvalue weighted by molar-refractivity contribution is 5.28. The van der Waals surface area contributed by atoms with Crippen LogP contribution in [0.15, 0.2) is 12.3 Å². The lowest BCUT2D eigenvalue weighted by molar-refractivity contribution is 0.447. The summed E-state index contributed by atoms with van der Waals surface area (Å²) in [7, 11) is 1.93. The minimum absolute atomic E-state index is 0.653. The highest BCUT2D eigenvalue weighted by Crippen LogP contribution is 2.22. The molecule has 3 heteroatoms. The van der Waals surface area contributed by atoms with Crippen molar-refractivity contribution in [3.05, 3.63) is 23.5 Å². The molecule has 2 rings (SSSR count). The van der Waals surface area contributed by atoms with Crippen molar-refractivity contribution in [1.82, 2.24) is 9.88 Å². The van der Waals surface area contributed by atoms with Crippen LogP contribution < -0.4 is 5.32 Å². The summed E-state index contributed by atoms with van der Waals surface area (Å²) in [6.07, 6.45) is 8.70. The smallest absolute Gasteiger partial charge is 0.120 e. The second-order valence-corrected chi connectivity index (χ2v) is 5.65. The third-order valence-corrected chi connectivity index (χ3v) is 4.03. The molecular weight excluding hydrogens is 222 g/mol. The van der Waals surface area contributed by atoms with Crippen LogP contribution in [0.2, 0.25) is 0 Å². The number of hydrogen-bond donors (Lipinski definition) is 1. The van der Waals surface area contributed by atoms with E-state index < -0.39 is 0 Å². The molecule has 1 saturated carbocycles. The number of rotatable bonds is 3. The fourth-order valence-electron chi connectivity index (χ4n) is 2.79. The molecule has 98 valence electrons. The third-order valence-electron chi connectivity index (χ3n) is 4.03. The van der Waals surface area contributed by atoms with Crippen LogP contribution in [-0.2, 0) is 13.6 Å². The maximum atomic E-state index is 8.92. The van der Waals surface area contributed by atoms with E-state index in [9.17, 15) is 0 Å². The Morgan fingerprint density at radius 2 is 2.22 bits per heavy atom. The highest BCUT2D eigenvalue weighted by atomic mass is 14.9. The Kier molecular flexibility index (Phi) is 4.43. The molecule has 0 amide bonds. The van der Waals surface area contributed by atoms with E-state index in [1.165, 1.54) is 37.7 Å². The Hall–Kier alpha value is -1.27. The Morgan fingerprint density at radius 1 is 1.39 bits per heavy atom. The molecule has 0 bridgehead atoms. The van der Waals surface area contributed by atoms with Gasteiger partial charge in [-0.15, -0.1) is 0 Å². The monoisotopic (exact) mass is 245 g/mol. The molecule has 0 aliphatic heterocycles. The average molecular weight is 245 g/mol. The molecular formula is C15H23N3. The number of nitriles is 1.